The summed E-state index contributed by atoms with van der Waals surface area (Å²) in [5, 5.41) is 4.95. The second kappa shape index (κ2) is 12.1. The van der Waals surface area contributed by atoms with Crippen LogP contribution in [0.4, 0.5) is 0 Å². The minimum atomic E-state index is 0.849. The van der Waals surface area contributed by atoms with E-state index in [1.807, 2.05) is 12.2 Å². The number of benzene rings is 6. The van der Waals surface area contributed by atoms with E-state index in [1.54, 1.807) is 6.20 Å². The van der Waals surface area contributed by atoms with Crippen LogP contribution >= 0.6 is 0 Å². The number of nitrogens with two attached hydrogens (primary N) is 1. The number of hydrogen-bond donors (Lipinski definition) is 1. The molecule has 2 N–H and O–H groups in total. The maximum absolute atomic E-state index is 5.91. The third kappa shape index (κ3) is 4.60. The maximum Gasteiger partial charge on any atom is 0.0619 e. The van der Waals surface area contributed by atoms with Crippen LogP contribution in [0.3, 0.4) is 0 Å². The van der Waals surface area contributed by atoms with Gasteiger partial charge in [-0.05, 0) is 119 Å². The van der Waals surface area contributed by atoms with Crippen molar-refractivity contribution in [3.8, 4) is 16.8 Å². The maximum atomic E-state index is 5.91. The van der Waals surface area contributed by atoms with Gasteiger partial charge in [0, 0.05) is 38.5 Å². The van der Waals surface area contributed by atoms with Gasteiger partial charge in [0.2, 0.25) is 0 Å². The molecule has 0 fully saturated rings. The Kier molecular flexibility index (Phi) is 7.09. The number of aromatic nitrogens is 2. The lowest BCUT2D eigenvalue weighted by molar-refractivity contribution is 1.18. The monoisotopic (exact) mass is 679 g/mol. The lowest BCUT2D eigenvalue weighted by Gasteiger charge is -2.17. The van der Waals surface area contributed by atoms with Crippen molar-refractivity contribution in [2.75, 3.05) is 0 Å². The van der Waals surface area contributed by atoms with Gasteiger partial charge in [0.05, 0.1) is 22.1 Å². The summed E-state index contributed by atoms with van der Waals surface area (Å²) in [6.07, 6.45) is 15.6. The summed E-state index contributed by atoms with van der Waals surface area (Å²) in [7, 11) is 0. The van der Waals surface area contributed by atoms with Crippen LogP contribution in [0.25, 0.3) is 89.4 Å². The van der Waals surface area contributed by atoms with Crippen molar-refractivity contribution in [3.63, 3.8) is 0 Å². The Balaban J connectivity index is 1.15. The molecule has 53 heavy (non-hydrogen) atoms. The van der Waals surface area contributed by atoms with Crippen LogP contribution in [-0.2, 0) is 0 Å². The molecular formula is C50H37N3. The lowest BCUT2D eigenvalue weighted by Crippen LogP contribution is -2.00. The molecule has 8 aromatic rings. The Bertz CT molecular complexity index is 2990. The number of fused-ring (bicyclic) bond motifs is 9. The molecule has 0 saturated carbocycles. The summed E-state index contributed by atoms with van der Waals surface area (Å²) in [6.45, 7) is 6.22. The summed E-state index contributed by atoms with van der Waals surface area (Å²) in [5.74, 6) is 0. The van der Waals surface area contributed by atoms with E-state index in [0.29, 0.717) is 0 Å². The highest BCUT2D eigenvalue weighted by atomic mass is 15.0. The minimum absolute atomic E-state index is 0.849. The minimum Gasteiger partial charge on any atom is -0.405 e. The van der Waals surface area contributed by atoms with Gasteiger partial charge < -0.3 is 14.9 Å². The zero-order valence-electron chi connectivity index (χ0n) is 29.6. The van der Waals surface area contributed by atoms with Gasteiger partial charge in [-0.2, -0.15) is 0 Å². The molecule has 10 rings (SSSR count). The quantitative estimate of drug-likeness (QED) is 0.187. The molecule has 2 heterocycles. The number of para-hydroxylation sites is 2. The average Bonchev–Trinajstić information content (AvgIpc) is 3.84. The molecule has 6 aromatic carbocycles. The SMILES string of the molecule is C=Cc1ccc2c3cc(-c4ccc5c(c4)c4ccccc4n5C4=CCC5=C(/C=C\N)c6ccccc6C5=C4)ccc3n(-c3ccccc3)c2c1/C=C\C. The Labute approximate surface area is 308 Å². The van der Waals surface area contributed by atoms with Gasteiger partial charge in [0.1, 0.15) is 0 Å². The molecule has 252 valence electrons. The van der Waals surface area contributed by atoms with Gasteiger partial charge in [0.15, 0.2) is 0 Å². The normalized spacial score (nSPS) is 14.2. The summed E-state index contributed by atoms with van der Waals surface area (Å²) in [5.41, 5.74) is 24.1. The smallest absolute Gasteiger partial charge is 0.0619 e. The van der Waals surface area contributed by atoms with Crippen LogP contribution in [0.2, 0.25) is 0 Å². The van der Waals surface area contributed by atoms with Crippen molar-refractivity contribution < 1.29 is 0 Å². The molecule has 3 heteroatoms. The van der Waals surface area contributed by atoms with Gasteiger partial charge in [-0.25, -0.2) is 0 Å². The largest absolute Gasteiger partial charge is 0.405 e. The van der Waals surface area contributed by atoms with E-state index in [9.17, 15) is 0 Å². The molecule has 2 aromatic heterocycles. The van der Waals surface area contributed by atoms with Crippen molar-refractivity contribution in [2.24, 2.45) is 5.73 Å². The van der Waals surface area contributed by atoms with Crippen molar-refractivity contribution in [2.45, 2.75) is 13.3 Å². The van der Waals surface area contributed by atoms with E-state index in [2.05, 4.69) is 174 Å². The van der Waals surface area contributed by atoms with Crippen LogP contribution in [0.1, 0.15) is 35.6 Å². The standard InChI is InChI=1S/C50H37N3/c1-3-12-37-32(4-2)19-23-43-46-30-34(21-26-49(46)53(50(37)43)35-13-6-5-7-14-35)33-20-25-48-45(29-33)42-17-10-11-18-47(42)52(48)36-22-24-40-41(27-28-51)38-15-8-9-16-39(38)44(40)31-36/h3-23,25-31H,2,24,51H2,1H3/b12-3-,28-27-. The molecule has 0 atom stereocenters. The first-order valence-corrected chi connectivity index (χ1v) is 18.3. The molecule has 2 aliphatic rings. The molecule has 2 aliphatic carbocycles. The number of allylic oxidation sites excluding steroid dienone is 8. The van der Waals surface area contributed by atoms with E-state index in [0.717, 1.165) is 17.7 Å². The molecule has 0 unspecified atom stereocenters. The lowest BCUT2D eigenvalue weighted by atomic mass is 9.94. The Morgan fingerprint density at radius 1 is 0.642 bits per heavy atom. The van der Waals surface area contributed by atoms with Crippen molar-refractivity contribution in [3.05, 3.63) is 192 Å². The topological polar surface area (TPSA) is 35.9 Å². The van der Waals surface area contributed by atoms with Gasteiger partial charge >= 0.3 is 0 Å². The van der Waals surface area contributed by atoms with Crippen LogP contribution in [0.15, 0.2) is 170 Å². The summed E-state index contributed by atoms with van der Waals surface area (Å²) in [6, 6.07) is 46.5. The second-order valence-corrected chi connectivity index (χ2v) is 13.8. The third-order valence-corrected chi connectivity index (χ3v) is 11.1. The van der Waals surface area contributed by atoms with E-state index < -0.39 is 0 Å². The van der Waals surface area contributed by atoms with Crippen LogP contribution in [0.5, 0.6) is 0 Å². The third-order valence-electron chi connectivity index (χ3n) is 11.1. The summed E-state index contributed by atoms with van der Waals surface area (Å²) >= 11 is 0. The number of rotatable bonds is 6. The molecule has 0 spiro atoms. The fourth-order valence-corrected chi connectivity index (χ4v) is 8.79. The molecule has 0 radical (unpaired) electrons. The Morgan fingerprint density at radius 2 is 1.32 bits per heavy atom. The number of nitrogens with zero attached hydrogens (tertiary/aromatic N) is 2. The zero-order valence-corrected chi connectivity index (χ0v) is 29.6. The first-order valence-electron chi connectivity index (χ1n) is 18.3. The van der Waals surface area contributed by atoms with Crippen molar-refractivity contribution >= 4 is 72.6 Å². The summed E-state index contributed by atoms with van der Waals surface area (Å²) in [4.78, 5) is 0. The van der Waals surface area contributed by atoms with Crippen molar-refractivity contribution in [1.82, 2.24) is 9.13 Å². The highest BCUT2D eigenvalue weighted by Crippen LogP contribution is 2.48. The van der Waals surface area contributed by atoms with E-state index >= 15 is 0 Å². The van der Waals surface area contributed by atoms with E-state index in [4.69, 9.17) is 5.73 Å². The Hall–Kier alpha value is -6.84. The van der Waals surface area contributed by atoms with Gasteiger partial charge in [0.25, 0.3) is 0 Å². The van der Waals surface area contributed by atoms with Gasteiger partial charge in [-0.1, -0.05) is 116 Å². The molecular weight excluding hydrogens is 643 g/mol. The van der Waals surface area contributed by atoms with Crippen molar-refractivity contribution in [1.29, 1.82) is 0 Å². The second-order valence-electron chi connectivity index (χ2n) is 13.8. The van der Waals surface area contributed by atoms with Crippen LogP contribution < -0.4 is 5.73 Å². The predicted octanol–water partition coefficient (Wildman–Crippen LogP) is 12.8. The first kappa shape index (κ1) is 30.9. The fourth-order valence-electron chi connectivity index (χ4n) is 8.79. The van der Waals surface area contributed by atoms with Crippen LogP contribution in [-0.4, -0.2) is 9.13 Å². The predicted molar refractivity (Wildman–Crippen MR) is 228 cm³/mol. The first-order chi connectivity index (χ1) is 26.2. The molecule has 0 aliphatic heterocycles. The number of hydrogen-bond acceptors (Lipinski definition) is 1. The molecule has 0 amide bonds. The van der Waals surface area contributed by atoms with Gasteiger partial charge in [-0.3, -0.25) is 0 Å². The summed E-state index contributed by atoms with van der Waals surface area (Å²) < 4.78 is 4.84. The average molecular weight is 680 g/mol. The highest BCUT2D eigenvalue weighted by Gasteiger charge is 2.27. The van der Waals surface area contributed by atoms with Crippen LogP contribution in [0, 0.1) is 0 Å². The van der Waals surface area contributed by atoms with Gasteiger partial charge in [-0.15, -0.1) is 0 Å². The molecule has 0 bridgehead atoms. The zero-order chi connectivity index (χ0) is 35.6. The van der Waals surface area contributed by atoms with E-state index in [-0.39, 0.29) is 0 Å². The highest BCUT2D eigenvalue weighted by molar-refractivity contribution is 6.15. The Morgan fingerprint density at radius 3 is 2.08 bits per heavy atom. The molecule has 3 nitrogen and oxygen atoms in total. The molecule has 0 saturated heterocycles. The van der Waals surface area contributed by atoms with E-state index in [1.165, 1.54) is 93.8 Å². The fraction of sp³-hybridized carbons (Fsp3) is 0.0400.